The molecule has 0 aliphatic rings. The van der Waals surface area contributed by atoms with Gasteiger partial charge in [-0.05, 0) is 18.6 Å². The van der Waals surface area contributed by atoms with Crippen molar-refractivity contribution in [2.75, 3.05) is 0 Å². The fraction of sp³-hybridized carbons (Fsp3) is 0.455. The minimum Gasteiger partial charge on any atom is -0.475 e. The third-order valence-corrected chi connectivity index (χ3v) is 2.30. The number of aromatic carboxylic acids is 1. The van der Waals surface area contributed by atoms with Gasteiger partial charge < -0.3 is 20.6 Å². The average molecular weight is 240 g/mol. The van der Waals surface area contributed by atoms with Crippen LogP contribution in [-0.4, -0.2) is 23.0 Å². The van der Waals surface area contributed by atoms with Crippen LogP contribution in [0.4, 0.5) is 0 Å². The van der Waals surface area contributed by atoms with Crippen LogP contribution in [0.5, 0.6) is 0 Å². The molecule has 0 saturated carbocycles. The van der Waals surface area contributed by atoms with E-state index in [2.05, 4.69) is 5.32 Å². The fourth-order valence-electron chi connectivity index (χ4n) is 1.23. The summed E-state index contributed by atoms with van der Waals surface area (Å²) in [6, 6.07) is 2.71. The largest absolute Gasteiger partial charge is 0.475 e. The lowest BCUT2D eigenvalue weighted by molar-refractivity contribution is -0.121. The van der Waals surface area contributed by atoms with Crippen LogP contribution in [0.2, 0.25) is 0 Å². The molecule has 6 nitrogen and oxygen atoms in total. The van der Waals surface area contributed by atoms with E-state index in [9.17, 15) is 9.59 Å². The van der Waals surface area contributed by atoms with E-state index in [1.165, 1.54) is 12.1 Å². The van der Waals surface area contributed by atoms with Crippen LogP contribution >= 0.6 is 0 Å². The summed E-state index contributed by atoms with van der Waals surface area (Å²) in [7, 11) is 0. The maximum absolute atomic E-state index is 11.4. The lowest BCUT2D eigenvalue weighted by atomic mass is 10.1. The van der Waals surface area contributed by atoms with Crippen LogP contribution < -0.4 is 11.1 Å². The molecule has 4 N–H and O–H groups in total. The lowest BCUT2D eigenvalue weighted by Crippen LogP contribution is -2.30. The van der Waals surface area contributed by atoms with Gasteiger partial charge in [-0.25, -0.2) is 4.79 Å². The first kappa shape index (κ1) is 13.2. The molecule has 1 heterocycles. The van der Waals surface area contributed by atoms with Crippen molar-refractivity contribution in [2.45, 2.75) is 32.4 Å². The Bertz CT molecular complexity index is 400. The van der Waals surface area contributed by atoms with Gasteiger partial charge in [0.05, 0.1) is 6.54 Å². The second-order valence-electron chi connectivity index (χ2n) is 3.72. The molecule has 94 valence electrons. The predicted octanol–water partition coefficient (Wildman–Crippen LogP) is 0.721. The zero-order valence-electron chi connectivity index (χ0n) is 9.60. The highest BCUT2D eigenvalue weighted by Gasteiger charge is 2.11. The number of hydrogen-bond donors (Lipinski definition) is 3. The van der Waals surface area contributed by atoms with Crippen molar-refractivity contribution in [3.8, 4) is 0 Å². The molecular formula is C11H16N2O4. The molecule has 0 aromatic carbocycles. The first-order valence-corrected chi connectivity index (χ1v) is 5.37. The van der Waals surface area contributed by atoms with Gasteiger partial charge in [0.1, 0.15) is 5.76 Å². The summed E-state index contributed by atoms with van der Waals surface area (Å²) in [6.07, 6.45) is 0.986. The number of amides is 1. The molecule has 0 aliphatic carbocycles. The average Bonchev–Trinajstić information content (AvgIpc) is 2.75. The Hall–Kier alpha value is -1.82. The molecule has 0 radical (unpaired) electrons. The van der Waals surface area contributed by atoms with Gasteiger partial charge in [-0.15, -0.1) is 0 Å². The molecule has 6 heteroatoms. The molecule has 0 saturated heterocycles. The van der Waals surface area contributed by atoms with E-state index in [-0.39, 0.29) is 30.7 Å². The van der Waals surface area contributed by atoms with E-state index < -0.39 is 5.97 Å². The van der Waals surface area contributed by atoms with Crippen LogP contribution in [0.15, 0.2) is 16.5 Å². The van der Waals surface area contributed by atoms with E-state index in [0.29, 0.717) is 5.76 Å². The summed E-state index contributed by atoms with van der Waals surface area (Å²) in [6.45, 7) is 2.08. The third-order valence-electron chi connectivity index (χ3n) is 2.30. The van der Waals surface area contributed by atoms with Gasteiger partial charge in [-0.3, -0.25) is 4.79 Å². The molecule has 17 heavy (non-hydrogen) atoms. The molecule has 1 rings (SSSR count). The van der Waals surface area contributed by atoms with Crippen LogP contribution in [0.1, 0.15) is 36.1 Å². The number of carboxylic acids is 1. The zero-order chi connectivity index (χ0) is 12.8. The van der Waals surface area contributed by atoms with Crippen molar-refractivity contribution in [3.63, 3.8) is 0 Å². The Kier molecular flexibility index (Phi) is 4.71. The molecule has 0 bridgehead atoms. The summed E-state index contributed by atoms with van der Waals surface area (Å²) in [5.41, 5.74) is 5.62. The Morgan fingerprint density at radius 1 is 1.53 bits per heavy atom. The van der Waals surface area contributed by atoms with Gasteiger partial charge in [-0.1, -0.05) is 6.92 Å². The van der Waals surface area contributed by atoms with Gasteiger partial charge in [0.15, 0.2) is 0 Å². The first-order valence-electron chi connectivity index (χ1n) is 5.37. The number of nitrogens with two attached hydrogens (primary N) is 1. The number of furan rings is 1. The summed E-state index contributed by atoms with van der Waals surface area (Å²) >= 11 is 0. The SMILES string of the molecule is CCC(N)CC(=O)NCc1ccc(C(=O)O)o1. The van der Waals surface area contributed by atoms with Crippen LogP contribution in [0, 0.1) is 0 Å². The monoisotopic (exact) mass is 240 g/mol. The minimum atomic E-state index is -1.13. The molecule has 1 amide bonds. The highest BCUT2D eigenvalue weighted by atomic mass is 16.4. The lowest BCUT2D eigenvalue weighted by Gasteiger charge is -2.08. The molecule has 0 fully saturated rings. The van der Waals surface area contributed by atoms with E-state index in [1.807, 2.05) is 6.92 Å². The molecule has 1 aromatic rings. The number of carboxylic acid groups (broad SMARTS) is 1. The summed E-state index contributed by atoms with van der Waals surface area (Å²) in [5.74, 6) is -1.04. The molecule has 1 unspecified atom stereocenters. The van der Waals surface area contributed by atoms with Gasteiger partial charge in [-0.2, -0.15) is 0 Å². The number of rotatable bonds is 6. The zero-order valence-corrected chi connectivity index (χ0v) is 9.60. The molecular weight excluding hydrogens is 224 g/mol. The topological polar surface area (TPSA) is 106 Å². The third kappa shape index (κ3) is 4.28. The first-order chi connectivity index (χ1) is 8.02. The van der Waals surface area contributed by atoms with Crippen LogP contribution in [0.25, 0.3) is 0 Å². The second-order valence-corrected chi connectivity index (χ2v) is 3.72. The smallest absolute Gasteiger partial charge is 0.371 e. The normalized spacial score (nSPS) is 12.1. The number of carbonyl (C=O) groups excluding carboxylic acids is 1. The van der Waals surface area contributed by atoms with Gasteiger partial charge in [0.2, 0.25) is 11.7 Å². The quantitative estimate of drug-likeness (QED) is 0.679. The summed E-state index contributed by atoms with van der Waals surface area (Å²) in [4.78, 5) is 21.9. The predicted molar refractivity (Wildman–Crippen MR) is 60.4 cm³/mol. The van der Waals surface area contributed by atoms with Gasteiger partial charge in [0, 0.05) is 12.5 Å². The van der Waals surface area contributed by atoms with Gasteiger partial charge >= 0.3 is 5.97 Å². The van der Waals surface area contributed by atoms with Gasteiger partial charge in [0.25, 0.3) is 0 Å². The number of carbonyl (C=O) groups is 2. The van der Waals surface area contributed by atoms with Crippen molar-refractivity contribution in [1.29, 1.82) is 0 Å². The Morgan fingerprint density at radius 2 is 2.24 bits per heavy atom. The Balaban J connectivity index is 2.39. The molecule has 1 aromatic heterocycles. The molecule has 0 spiro atoms. The summed E-state index contributed by atoms with van der Waals surface area (Å²) < 4.78 is 4.98. The Labute approximate surface area is 98.8 Å². The van der Waals surface area contributed by atoms with E-state index in [4.69, 9.17) is 15.3 Å². The second kappa shape index (κ2) is 6.05. The van der Waals surface area contributed by atoms with Crippen molar-refractivity contribution in [3.05, 3.63) is 23.7 Å². The van der Waals surface area contributed by atoms with Crippen molar-refractivity contribution >= 4 is 11.9 Å². The highest BCUT2D eigenvalue weighted by molar-refractivity contribution is 5.84. The van der Waals surface area contributed by atoms with Crippen molar-refractivity contribution < 1.29 is 19.1 Å². The standard InChI is InChI=1S/C11H16N2O4/c1-2-7(12)5-10(14)13-6-8-3-4-9(17-8)11(15)16/h3-4,7H,2,5-6,12H2,1H3,(H,13,14)(H,15,16). The maximum Gasteiger partial charge on any atom is 0.371 e. The summed E-state index contributed by atoms with van der Waals surface area (Å²) in [5, 5.41) is 11.2. The maximum atomic E-state index is 11.4. The van der Waals surface area contributed by atoms with Crippen LogP contribution in [0.3, 0.4) is 0 Å². The molecule has 0 aliphatic heterocycles. The fourth-order valence-corrected chi connectivity index (χ4v) is 1.23. The van der Waals surface area contributed by atoms with E-state index in [1.54, 1.807) is 0 Å². The van der Waals surface area contributed by atoms with E-state index >= 15 is 0 Å². The highest BCUT2D eigenvalue weighted by Crippen LogP contribution is 2.07. The van der Waals surface area contributed by atoms with Crippen molar-refractivity contribution in [1.82, 2.24) is 5.32 Å². The molecule has 1 atom stereocenters. The number of hydrogen-bond acceptors (Lipinski definition) is 4. The number of nitrogens with one attached hydrogen (secondary N) is 1. The van der Waals surface area contributed by atoms with E-state index in [0.717, 1.165) is 6.42 Å². The van der Waals surface area contributed by atoms with Crippen LogP contribution in [-0.2, 0) is 11.3 Å². The minimum absolute atomic E-state index is 0.139. The Morgan fingerprint density at radius 3 is 2.76 bits per heavy atom. The van der Waals surface area contributed by atoms with Crippen molar-refractivity contribution in [2.24, 2.45) is 5.73 Å².